The highest BCUT2D eigenvalue weighted by Crippen LogP contribution is 2.27. The van der Waals surface area contributed by atoms with E-state index in [4.69, 9.17) is 0 Å². The molecule has 0 spiro atoms. The first-order chi connectivity index (χ1) is 9.19. The zero-order chi connectivity index (χ0) is 13.7. The van der Waals surface area contributed by atoms with Crippen LogP contribution in [0.4, 0.5) is 14.7 Å². The number of nitrogens with one attached hydrogen (secondary N) is 1. The van der Waals surface area contributed by atoms with Gasteiger partial charge in [0.1, 0.15) is 5.03 Å². The molecule has 3 nitrogen and oxygen atoms in total. The van der Waals surface area contributed by atoms with Gasteiger partial charge in [0.25, 0.3) is 0 Å². The lowest BCUT2D eigenvalue weighted by molar-refractivity contribution is 0.506. The standard InChI is InChI=1S/C13H13F2N3S/c1-2-6-16-13-17-7-5-12(18-13)19-9-3-4-10(14)11(15)8-9/h3-5,7-8H,2,6H2,1H3,(H,16,17,18). The molecule has 0 saturated heterocycles. The fraction of sp³-hybridized carbons (Fsp3) is 0.231. The van der Waals surface area contributed by atoms with Crippen molar-refractivity contribution in [3.05, 3.63) is 42.1 Å². The molecule has 19 heavy (non-hydrogen) atoms. The van der Waals surface area contributed by atoms with Crippen LogP contribution in [0.5, 0.6) is 0 Å². The Balaban J connectivity index is 2.11. The molecule has 0 atom stereocenters. The lowest BCUT2D eigenvalue weighted by Gasteiger charge is -2.05. The van der Waals surface area contributed by atoms with Gasteiger partial charge in [-0.1, -0.05) is 18.7 Å². The molecule has 0 saturated carbocycles. The Labute approximate surface area is 114 Å². The highest BCUT2D eigenvalue weighted by molar-refractivity contribution is 7.99. The van der Waals surface area contributed by atoms with E-state index in [1.807, 2.05) is 6.92 Å². The second-order valence-electron chi connectivity index (χ2n) is 3.82. The van der Waals surface area contributed by atoms with Crippen molar-refractivity contribution in [1.29, 1.82) is 0 Å². The molecule has 2 rings (SSSR count). The average molecular weight is 281 g/mol. The summed E-state index contributed by atoms with van der Waals surface area (Å²) in [5, 5.41) is 3.75. The van der Waals surface area contributed by atoms with E-state index < -0.39 is 11.6 Å². The Bertz CT molecular complexity index is 563. The van der Waals surface area contributed by atoms with Crippen LogP contribution in [0.25, 0.3) is 0 Å². The maximum atomic E-state index is 13.1. The molecule has 0 aliphatic rings. The first-order valence-electron chi connectivity index (χ1n) is 5.89. The summed E-state index contributed by atoms with van der Waals surface area (Å²) >= 11 is 1.26. The zero-order valence-electron chi connectivity index (χ0n) is 10.4. The second kappa shape index (κ2) is 6.47. The molecule has 0 aliphatic carbocycles. The number of anilines is 1. The molecule has 1 aromatic carbocycles. The Morgan fingerprint density at radius 3 is 2.79 bits per heavy atom. The lowest BCUT2D eigenvalue weighted by Crippen LogP contribution is -2.04. The van der Waals surface area contributed by atoms with Gasteiger partial charge >= 0.3 is 0 Å². The summed E-state index contributed by atoms with van der Waals surface area (Å²) < 4.78 is 25.9. The largest absolute Gasteiger partial charge is 0.354 e. The minimum atomic E-state index is -0.858. The van der Waals surface area contributed by atoms with Gasteiger partial charge in [-0.05, 0) is 30.7 Å². The molecule has 1 heterocycles. The number of aromatic nitrogens is 2. The van der Waals surface area contributed by atoms with Gasteiger partial charge in [-0.2, -0.15) is 0 Å². The van der Waals surface area contributed by atoms with Crippen molar-refractivity contribution < 1.29 is 8.78 Å². The fourth-order valence-electron chi connectivity index (χ4n) is 1.38. The van der Waals surface area contributed by atoms with Crippen molar-refractivity contribution in [1.82, 2.24) is 9.97 Å². The molecular weight excluding hydrogens is 268 g/mol. The Morgan fingerprint density at radius 1 is 1.21 bits per heavy atom. The quantitative estimate of drug-likeness (QED) is 0.847. The predicted octanol–water partition coefficient (Wildman–Crippen LogP) is 3.73. The minimum absolute atomic E-state index is 0.537. The average Bonchev–Trinajstić information content (AvgIpc) is 2.41. The van der Waals surface area contributed by atoms with Gasteiger partial charge in [0.15, 0.2) is 11.6 Å². The van der Waals surface area contributed by atoms with Crippen molar-refractivity contribution in [2.24, 2.45) is 0 Å². The van der Waals surface area contributed by atoms with Crippen LogP contribution < -0.4 is 5.32 Å². The van der Waals surface area contributed by atoms with Crippen LogP contribution in [0, 0.1) is 11.6 Å². The van der Waals surface area contributed by atoms with Crippen molar-refractivity contribution in [3.8, 4) is 0 Å². The highest BCUT2D eigenvalue weighted by atomic mass is 32.2. The number of benzene rings is 1. The first-order valence-corrected chi connectivity index (χ1v) is 6.70. The van der Waals surface area contributed by atoms with Gasteiger partial charge in [-0.25, -0.2) is 18.7 Å². The summed E-state index contributed by atoms with van der Waals surface area (Å²) in [5.74, 6) is -1.17. The third kappa shape index (κ3) is 3.89. The van der Waals surface area contributed by atoms with Crippen LogP contribution >= 0.6 is 11.8 Å². The molecule has 0 unspecified atom stereocenters. The molecule has 0 aliphatic heterocycles. The van der Waals surface area contributed by atoms with Crippen molar-refractivity contribution >= 4 is 17.7 Å². The van der Waals surface area contributed by atoms with Gasteiger partial charge < -0.3 is 5.32 Å². The molecular formula is C13H13F2N3S. The summed E-state index contributed by atoms with van der Waals surface area (Å²) in [6, 6.07) is 5.50. The number of hydrogen-bond donors (Lipinski definition) is 1. The first kappa shape index (κ1) is 13.7. The van der Waals surface area contributed by atoms with E-state index in [0.29, 0.717) is 15.9 Å². The van der Waals surface area contributed by atoms with Gasteiger partial charge in [0.05, 0.1) is 0 Å². The van der Waals surface area contributed by atoms with Crippen LogP contribution in [-0.4, -0.2) is 16.5 Å². The lowest BCUT2D eigenvalue weighted by atomic mass is 10.3. The molecule has 0 radical (unpaired) electrons. The Kier molecular flexibility index (Phi) is 4.68. The number of halogens is 2. The van der Waals surface area contributed by atoms with E-state index in [2.05, 4.69) is 15.3 Å². The maximum absolute atomic E-state index is 13.1. The molecule has 0 amide bonds. The molecule has 6 heteroatoms. The van der Waals surface area contributed by atoms with Crippen molar-refractivity contribution in [3.63, 3.8) is 0 Å². The van der Waals surface area contributed by atoms with Gasteiger partial charge in [-0.15, -0.1) is 0 Å². The topological polar surface area (TPSA) is 37.8 Å². The summed E-state index contributed by atoms with van der Waals surface area (Å²) in [4.78, 5) is 8.96. The monoisotopic (exact) mass is 281 g/mol. The number of nitrogens with zero attached hydrogens (tertiary/aromatic N) is 2. The smallest absolute Gasteiger partial charge is 0.223 e. The Hall–Kier alpha value is -1.69. The van der Waals surface area contributed by atoms with Crippen LogP contribution in [0.15, 0.2) is 40.4 Å². The van der Waals surface area contributed by atoms with Gasteiger partial charge in [0, 0.05) is 17.6 Å². The summed E-state index contributed by atoms with van der Waals surface area (Å²) in [7, 11) is 0. The van der Waals surface area contributed by atoms with E-state index in [9.17, 15) is 8.78 Å². The summed E-state index contributed by atoms with van der Waals surface area (Å²) in [6.45, 7) is 2.84. The van der Waals surface area contributed by atoms with Crippen molar-refractivity contribution in [2.75, 3.05) is 11.9 Å². The zero-order valence-corrected chi connectivity index (χ0v) is 11.2. The molecule has 0 bridgehead atoms. The van der Waals surface area contributed by atoms with Crippen molar-refractivity contribution in [2.45, 2.75) is 23.3 Å². The number of hydrogen-bond acceptors (Lipinski definition) is 4. The van der Waals surface area contributed by atoms with E-state index in [1.54, 1.807) is 12.3 Å². The van der Waals surface area contributed by atoms with Crippen LogP contribution in [0.1, 0.15) is 13.3 Å². The van der Waals surface area contributed by atoms with Gasteiger partial charge in [0.2, 0.25) is 5.95 Å². The van der Waals surface area contributed by atoms with Crippen LogP contribution in [0.2, 0.25) is 0 Å². The SMILES string of the molecule is CCCNc1nccc(Sc2ccc(F)c(F)c2)n1. The molecule has 0 fully saturated rings. The molecule has 2 aromatic rings. The van der Waals surface area contributed by atoms with Crippen LogP contribution in [-0.2, 0) is 0 Å². The summed E-state index contributed by atoms with van der Waals surface area (Å²) in [6.07, 6.45) is 2.61. The van der Waals surface area contributed by atoms with E-state index in [1.165, 1.54) is 17.8 Å². The summed E-state index contributed by atoms with van der Waals surface area (Å²) in [5.41, 5.74) is 0. The number of rotatable bonds is 5. The Morgan fingerprint density at radius 2 is 2.05 bits per heavy atom. The van der Waals surface area contributed by atoms with Gasteiger partial charge in [-0.3, -0.25) is 0 Å². The third-order valence-corrected chi connectivity index (χ3v) is 3.20. The van der Waals surface area contributed by atoms with E-state index >= 15 is 0 Å². The minimum Gasteiger partial charge on any atom is -0.354 e. The molecule has 100 valence electrons. The van der Waals surface area contributed by atoms with E-state index in [-0.39, 0.29) is 0 Å². The molecule has 1 N–H and O–H groups in total. The maximum Gasteiger partial charge on any atom is 0.223 e. The fourth-order valence-corrected chi connectivity index (χ4v) is 2.18. The predicted molar refractivity (Wildman–Crippen MR) is 71.3 cm³/mol. The van der Waals surface area contributed by atoms with Crippen LogP contribution in [0.3, 0.4) is 0 Å². The third-order valence-electron chi connectivity index (χ3n) is 2.28. The normalized spacial score (nSPS) is 10.5. The second-order valence-corrected chi connectivity index (χ2v) is 4.92. The van der Waals surface area contributed by atoms with E-state index in [0.717, 1.165) is 25.1 Å². The molecule has 1 aromatic heterocycles. The highest BCUT2D eigenvalue weighted by Gasteiger charge is 2.05.